The lowest BCUT2D eigenvalue weighted by Gasteiger charge is -2.32. The quantitative estimate of drug-likeness (QED) is 0.747. The summed E-state index contributed by atoms with van der Waals surface area (Å²) in [5.41, 5.74) is 0. The van der Waals surface area contributed by atoms with Crippen LogP contribution in [0.25, 0.3) is 0 Å². The average molecular weight is 205 g/mol. The third-order valence-corrected chi connectivity index (χ3v) is 5.79. The molecule has 0 aromatic rings. The molecule has 0 amide bonds. The average Bonchev–Trinajstić information content (AvgIpc) is 2.72. The van der Waals surface area contributed by atoms with Gasteiger partial charge in [-0.1, -0.05) is 6.42 Å². The number of hydrogen-bond donors (Lipinski definition) is 1. The topological polar surface area (TPSA) is 12.0 Å². The molecular formula is C14H23N. The van der Waals surface area contributed by atoms with Crippen LogP contribution in [-0.2, 0) is 0 Å². The molecule has 4 fully saturated rings. The highest BCUT2D eigenvalue weighted by molar-refractivity contribution is 5.05. The van der Waals surface area contributed by atoms with Gasteiger partial charge in [0, 0.05) is 6.04 Å². The second-order valence-electron chi connectivity index (χ2n) is 6.61. The highest BCUT2D eigenvalue weighted by Crippen LogP contribution is 2.58. The van der Waals surface area contributed by atoms with Crippen molar-refractivity contribution in [2.45, 2.75) is 51.0 Å². The molecule has 0 heterocycles. The second kappa shape index (κ2) is 3.23. The Labute approximate surface area is 93.0 Å². The summed E-state index contributed by atoms with van der Waals surface area (Å²) in [6.45, 7) is 1.34. The Morgan fingerprint density at radius 1 is 0.867 bits per heavy atom. The zero-order valence-corrected chi connectivity index (χ0v) is 9.62. The first kappa shape index (κ1) is 9.04. The van der Waals surface area contributed by atoms with Crippen LogP contribution in [0.5, 0.6) is 0 Å². The van der Waals surface area contributed by atoms with Gasteiger partial charge >= 0.3 is 0 Å². The van der Waals surface area contributed by atoms with Crippen molar-refractivity contribution in [1.29, 1.82) is 0 Å². The van der Waals surface area contributed by atoms with Crippen molar-refractivity contribution in [1.82, 2.24) is 5.32 Å². The first-order chi connectivity index (χ1) is 7.42. The van der Waals surface area contributed by atoms with E-state index in [2.05, 4.69) is 5.32 Å². The van der Waals surface area contributed by atoms with E-state index in [1.807, 2.05) is 0 Å². The maximum atomic E-state index is 3.89. The van der Waals surface area contributed by atoms with Crippen molar-refractivity contribution in [2.75, 3.05) is 6.54 Å². The summed E-state index contributed by atoms with van der Waals surface area (Å²) >= 11 is 0. The Morgan fingerprint density at radius 3 is 2.60 bits per heavy atom. The molecule has 15 heavy (non-hydrogen) atoms. The van der Waals surface area contributed by atoms with Gasteiger partial charge in [-0.2, -0.15) is 0 Å². The molecule has 5 atom stereocenters. The molecule has 0 saturated heterocycles. The predicted octanol–water partition coefficient (Wildman–Crippen LogP) is 2.81. The van der Waals surface area contributed by atoms with E-state index >= 15 is 0 Å². The SMILES string of the molecule is C1C[C@H]2[C@@H](C1)[C@H]1C[C@@H]2[C@H](NCC2CC2)C1. The van der Waals surface area contributed by atoms with Gasteiger partial charge in [0.25, 0.3) is 0 Å². The minimum Gasteiger partial charge on any atom is -0.313 e. The first-order valence-corrected chi connectivity index (χ1v) is 7.15. The van der Waals surface area contributed by atoms with Gasteiger partial charge < -0.3 is 5.32 Å². The minimum atomic E-state index is 0.926. The monoisotopic (exact) mass is 205 g/mol. The molecular weight excluding hydrogens is 182 g/mol. The maximum Gasteiger partial charge on any atom is 0.0101 e. The molecule has 4 aliphatic rings. The van der Waals surface area contributed by atoms with E-state index < -0.39 is 0 Å². The highest BCUT2D eigenvalue weighted by atomic mass is 15.0. The largest absolute Gasteiger partial charge is 0.313 e. The third kappa shape index (κ3) is 1.39. The smallest absolute Gasteiger partial charge is 0.0101 e. The fourth-order valence-electron chi connectivity index (χ4n) is 4.94. The van der Waals surface area contributed by atoms with Crippen molar-refractivity contribution in [3.8, 4) is 0 Å². The summed E-state index contributed by atoms with van der Waals surface area (Å²) in [4.78, 5) is 0. The van der Waals surface area contributed by atoms with Crippen LogP contribution in [0.2, 0.25) is 0 Å². The van der Waals surface area contributed by atoms with Crippen molar-refractivity contribution >= 4 is 0 Å². The maximum absolute atomic E-state index is 3.89. The molecule has 4 rings (SSSR count). The Balaban J connectivity index is 1.41. The summed E-state index contributed by atoms with van der Waals surface area (Å²) in [5.74, 6) is 5.57. The Bertz CT molecular complexity index is 258. The lowest BCUT2D eigenvalue weighted by Crippen LogP contribution is -2.40. The summed E-state index contributed by atoms with van der Waals surface area (Å²) in [6, 6.07) is 0.926. The summed E-state index contributed by atoms with van der Waals surface area (Å²) in [5, 5.41) is 3.89. The molecule has 0 aromatic carbocycles. The van der Waals surface area contributed by atoms with Gasteiger partial charge in [0.05, 0.1) is 0 Å². The summed E-state index contributed by atoms with van der Waals surface area (Å²) in [7, 11) is 0. The van der Waals surface area contributed by atoms with Crippen LogP contribution in [0.15, 0.2) is 0 Å². The van der Waals surface area contributed by atoms with Gasteiger partial charge in [-0.3, -0.25) is 0 Å². The van der Waals surface area contributed by atoms with Crippen LogP contribution in [0.4, 0.5) is 0 Å². The first-order valence-electron chi connectivity index (χ1n) is 7.15. The Hall–Kier alpha value is -0.0400. The van der Waals surface area contributed by atoms with E-state index in [1.165, 1.54) is 32.2 Å². The van der Waals surface area contributed by atoms with Crippen LogP contribution in [-0.4, -0.2) is 12.6 Å². The van der Waals surface area contributed by atoms with Crippen molar-refractivity contribution in [3.63, 3.8) is 0 Å². The van der Waals surface area contributed by atoms with E-state index in [0.717, 1.165) is 35.6 Å². The van der Waals surface area contributed by atoms with Gasteiger partial charge in [0.2, 0.25) is 0 Å². The fourth-order valence-corrected chi connectivity index (χ4v) is 4.94. The molecule has 0 aromatic heterocycles. The fraction of sp³-hybridized carbons (Fsp3) is 1.00. The molecule has 84 valence electrons. The lowest BCUT2D eigenvalue weighted by molar-refractivity contribution is 0.208. The van der Waals surface area contributed by atoms with Gasteiger partial charge in [-0.05, 0) is 74.7 Å². The Morgan fingerprint density at radius 2 is 1.73 bits per heavy atom. The number of nitrogens with one attached hydrogen (secondary N) is 1. The lowest BCUT2D eigenvalue weighted by atomic mass is 9.79. The zero-order valence-electron chi connectivity index (χ0n) is 9.62. The van der Waals surface area contributed by atoms with Crippen molar-refractivity contribution in [3.05, 3.63) is 0 Å². The molecule has 2 bridgehead atoms. The minimum absolute atomic E-state index is 0.926. The van der Waals surface area contributed by atoms with E-state index in [1.54, 1.807) is 19.3 Å². The molecule has 0 spiro atoms. The van der Waals surface area contributed by atoms with Gasteiger partial charge in [0.1, 0.15) is 0 Å². The second-order valence-corrected chi connectivity index (χ2v) is 6.61. The highest BCUT2D eigenvalue weighted by Gasteiger charge is 2.53. The predicted molar refractivity (Wildman–Crippen MR) is 61.6 cm³/mol. The van der Waals surface area contributed by atoms with Gasteiger partial charge in [-0.15, -0.1) is 0 Å². The van der Waals surface area contributed by atoms with E-state index in [-0.39, 0.29) is 0 Å². The number of fused-ring (bicyclic) bond motifs is 5. The summed E-state index contributed by atoms with van der Waals surface area (Å²) < 4.78 is 0. The zero-order chi connectivity index (χ0) is 9.83. The van der Waals surface area contributed by atoms with E-state index in [4.69, 9.17) is 0 Å². The molecule has 0 radical (unpaired) electrons. The molecule has 1 N–H and O–H groups in total. The molecule has 4 saturated carbocycles. The van der Waals surface area contributed by atoms with Crippen LogP contribution in [0.1, 0.15) is 44.9 Å². The standard InChI is InChI=1S/C14H23N/c1-2-11-10-6-13(12(11)3-1)14(7-10)15-8-9-4-5-9/h9-15H,1-8H2/t10-,11-,12-,13-,14+/m0/s1. The third-order valence-electron chi connectivity index (χ3n) is 5.79. The van der Waals surface area contributed by atoms with Crippen molar-refractivity contribution in [2.24, 2.45) is 29.6 Å². The van der Waals surface area contributed by atoms with Crippen molar-refractivity contribution < 1.29 is 0 Å². The van der Waals surface area contributed by atoms with E-state index in [9.17, 15) is 0 Å². The number of hydrogen-bond acceptors (Lipinski definition) is 1. The molecule has 1 nitrogen and oxygen atoms in total. The Kier molecular flexibility index (Phi) is 1.94. The number of rotatable bonds is 3. The molecule has 0 unspecified atom stereocenters. The van der Waals surface area contributed by atoms with Crippen LogP contribution in [0.3, 0.4) is 0 Å². The normalized spacial score (nSPS) is 52.4. The molecule has 1 heteroatoms. The summed E-state index contributed by atoms with van der Waals surface area (Å²) in [6.07, 6.45) is 10.8. The van der Waals surface area contributed by atoms with Crippen LogP contribution >= 0.6 is 0 Å². The van der Waals surface area contributed by atoms with Crippen LogP contribution < -0.4 is 5.32 Å². The molecule has 0 aliphatic heterocycles. The molecule has 4 aliphatic carbocycles. The van der Waals surface area contributed by atoms with E-state index in [0.29, 0.717) is 0 Å². The van der Waals surface area contributed by atoms with Gasteiger partial charge in [-0.25, -0.2) is 0 Å². The van der Waals surface area contributed by atoms with Crippen LogP contribution in [0, 0.1) is 29.6 Å². The van der Waals surface area contributed by atoms with Gasteiger partial charge in [0.15, 0.2) is 0 Å².